The zero-order chi connectivity index (χ0) is 15.0. The van der Waals surface area contributed by atoms with Gasteiger partial charge in [-0.2, -0.15) is 0 Å². The second-order valence-corrected chi connectivity index (χ2v) is 5.89. The van der Waals surface area contributed by atoms with Crippen LogP contribution in [0.4, 0.5) is 10.7 Å². The summed E-state index contributed by atoms with van der Waals surface area (Å²) in [6, 6.07) is 9.01. The molecule has 106 valence electrons. The van der Waals surface area contributed by atoms with Crippen LogP contribution in [-0.2, 0) is 4.79 Å². The van der Waals surface area contributed by atoms with Gasteiger partial charge in [-0.25, -0.2) is 0 Å². The zero-order valence-electron chi connectivity index (χ0n) is 10.5. The van der Waals surface area contributed by atoms with Crippen LogP contribution in [0.2, 0.25) is 4.34 Å². The number of benzene rings is 1. The number of carbonyl (C=O) groups excluding carboxylic acids is 1. The molecule has 0 spiro atoms. The van der Waals surface area contributed by atoms with E-state index in [-0.39, 0.29) is 28.0 Å². The minimum Gasteiger partial charge on any atom is -0.315 e. The molecule has 1 aliphatic rings. The number of thiophene rings is 1. The topological polar surface area (TPSA) is 84.6 Å². The fourth-order valence-corrected chi connectivity index (χ4v) is 3.40. The van der Waals surface area contributed by atoms with Gasteiger partial charge in [0.25, 0.3) is 0 Å². The van der Waals surface area contributed by atoms with Gasteiger partial charge in [-0.15, -0.1) is 0 Å². The van der Waals surface area contributed by atoms with Crippen molar-refractivity contribution in [3.63, 3.8) is 0 Å². The molecule has 1 aromatic carbocycles. The molecule has 21 heavy (non-hydrogen) atoms. The molecule has 0 fully saturated rings. The quantitative estimate of drug-likeness (QED) is 0.681. The molecule has 0 atom stereocenters. The summed E-state index contributed by atoms with van der Waals surface area (Å²) in [6.45, 7) is -0.0829. The Kier molecular flexibility index (Phi) is 3.44. The predicted molar refractivity (Wildman–Crippen MR) is 81.6 cm³/mol. The van der Waals surface area contributed by atoms with Gasteiger partial charge in [0, 0.05) is 5.56 Å². The number of anilines is 1. The summed E-state index contributed by atoms with van der Waals surface area (Å²) in [5.74, 6) is -0.324. The van der Waals surface area contributed by atoms with Gasteiger partial charge >= 0.3 is 5.69 Å². The molecule has 0 unspecified atom stereocenters. The molecular formula is C13H8ClN3O3S. The molecule has 0 radical (unpaired) electrons. The summed E-state index contributed by atoms with van der Waals surface area (Å²) in [6.07, 6.45) is 0. The van der Waals surface area contributed by atoms with Gasteiger partial charge in [0.1, 0.15) is 17.1 Å². The highest BCUT2D eigenvalue weighted by Crippen LogP contribution is 2.44. The van der Waals surface area contributed by atoms with Gasteiger partial charge in [0.05, 0.1) is 10.6 Å². The highest BCUT2D eigenvalue weighted by Gasteiger charge is 2.32. The fourth-order valence-electron chi connectivity index (χ4n) is 2.09. The smallest absolute Gasteiger partial charge is 0.310 e. The lowest BCUT2D eigenvalue weighted by molar-refractivity contribution is -0.384. The van der Waals surface area contributed by atoms with Gasteiger partial charge in [-0.1, -0.05) is 53.3 Å². The Hall–Kier alpha value is -2.25. The van der Waals surface area contributed by atoms with E-state index < -0.39 is 4.92 Å². The van der Waals surface area contributed by atoms with E-state index in [4.69, 9.17) is 11.6 Å². The van der Waals surface area contributed by atoms with Crippen LogP contribution >= 0.6 is 22.9 Å². The van der Waals surface area contributed by atoms with Crippen molar-refractivity contribution in [1.82, 2.24) is 0 Å². The molecule has 1 N–H and O–H groups in total. The number of rotatable bonds is 2. The Morgan fingerprint density at radius 1 is 1.33 bits per heavy atom. The molecule has 0 saturated heterocycles. The summed E-state index contributed by atoms with van der Waals surface area (Å²) >= 11 is 6.93. The van der Waals surface area contributed by atoms with Crippen molar-refractivity contribution in [3.05, 3.63) is 55.9 Å². The Morgan fingerprint density at radius 3 is 2.71 bits per heavy atom. The van der Waals surface area contributed by atoms with Gasteiger partial charge in [0.15, 0.2) is 4.34 Å². The Labute approximate surface area is 128 Å². The first kappa shape index (κ1) is 13.7. The third kappa shape index (κ3) is 2.41. The maximum absolute atomic E-state index is 11.7. The molecule has 0 bridgehead atoms. The van der Waals surface area contributed by atoms with Gasteiger partial charge in [-0.05, 0) is 0 Å². The van der Waals surface area contributed by atoms with E-state index in [1.165, 1.54) is 0 Å². The van der Waals surface area contributed by atoms with Crippen molar-refractivity contribution >= 4 is 45.2 Å². The van der Waals surface area contributed by atoms with Crippen molar-refractivity contribution in [1.29, 1.82) is 0 Å². The Balaban J connectivity index is 2.28. The fraction of sp³-hybridized carbons (Fsp3) is 0.0769. The minimum absolute atomic E-state index is 0.0239. The molecular weight excluding hydrogens is 314 g/mol. The monoisotopic (exact) mass is 321 g/mol. The summed E-state index contributed by atoms with van der Waals surface area (Å²) in [5, 5.41) is 14.3. The second kappa shape index (κ2) is 5.27. The number of carbonyl (C=O) groups is 1. The lowest BCUT2D eigenvalue weighted by Crippen LogP contribution is -2.12. The second-order valence-electron chi connectivity index (χ2n) is 4.26. The number of amides is 1. The third-order valence-corrected chi connectivity index (χ3v) is 4.24. The molecule has 0 saturated carbocycles. The molecule has 0 aliphatic carbocycles. The van der Waals surface area contributed by atoms with Crippen LogP contribution in [0.15, 0.2) is 35.3 Å². The minimum atomic E-state index is -0.548. The Bertz CT molecular complexity index is 770. The number of hydrogen-bond donors (Lipinski definition) is 1. The molecule has 1 aliphatic heterocycles. The molecule has 8 heteroatoms. The van der Waals surface area contributed by atoms with Crippen LogP contribution in [0.3, 0.4) is 0 Å². The number of nitrogens with one attached hydrogen (secondary N) is 1. The number of aliphatic imine (C=N–C) groups is 1. The van der Waals surface area contributed by atoms with Crippen LogP contribution < -0.4 is 5.32 Å². The molecule has 6 nitrogen and oxygen atoms in total. The van der Waals surface area contributed by atoms with E-state index >= 15 is 0 Å². The SMILES string of the molecule is O=C1CN=C(c2ccccc2)c2c(sc(Cl)c2[N+](=O)[O-])N1. The number of hydrogen-bond acceptors (Lipinski definition) is 5. The van der Waals surface area contributed by atoms with Crippen LogP contribution in [0.25, 0.3) is 0 Å². The summed E-state index contributed by atoms with van der Waals surface area (Å²) in [4.78, 5) is 26.6. The van der Waals surface area contributed by atoms with Crippen LogP contribution in [0.5, 0.6) is 0 Å². The Morgan fingerprint density at radius 2 is 2.05 bits per heavy atom. The van der Waals surface area contributed by atoms with E-state index in [1.54, 1.807) is 24.3 Å². The maximum atomic E-state index is 11.7. The van der Waals surface area contributed by atoms with Gasteiger partial charge in [-0.3, -0.25) is 19.9 Å². The van der Waals surface area contributed by atoms with Crippen molar-refractivity contribution in [3.8, 4) is 0 Å². The van der Waals surface area contributed by atoms with E-state index in [0.717, 1.165) is 11.3 Å². The number of nitro groups is 1. The van der Waals surface area contributed by atoms with Crippen molar-refractivity contribution < 1.29 is 9.72 Å². The third-order valence-electron chi connectivity index (χ3n) is 2.94. The molecule has 2 heterocycles. The van der Waals surface area contributed by atoms with Crippen LogP contribution in [-0.4, -0.2) is 23.1 Å². The summed E-state index contributed by atoms with van der Waals surface area (Å²) in [5.41, 5.74) is 1.15. The average Bonchev–Trinajstić information content (AvgIpc) is 2.68. The maximum Gasteiger partial charge on any atom is 0.310 e. The lowest BCUT2D eigenvalue weighted by Gasteiger charge is -2.04. The van der Waals surface area contributed by atoms with Gasteiger partial charge < -0.3 is 5.32 Å². The van der Waals surface area contributed by atoms with E-state index in [0.29, 0.717) is 16.3 Å². The van der Waals surface area contributed by atoms with Crippen LogP contribution in [0.1, 0.15) is 11.1 Å². The first-order chi connectivity index (χ1) is 10.1. The number of fused-ring (bicyclic) bond motifs is 1. The van der Waals surface area contributed by atoms with Crippen molar-refractivity contribution in [2.75, 3.05) is 11.9 Å². The standard InChI is InChI=1S/C13H8ClN3O3S/c14-12-11(17(19)20)9-10(7-4-2-1-3-5-7)15-6-8(18)16-13(9)21-12/h1-5H,6H2,(H,16,18). The zero-order valence-corrected chi connectivity index (χ0v) is 12.1. The summed E-state index contributed by atoms with van der Waals surface area (Å²) < 4.78 is 0.0239. The molecule has 1 aromatic heterocycles. The highest BCUT2D eigenvalue weighted by atomic mass is 35.5. The first-order valence-corrected chi connectivity index (χ1v) is 7.14. The average molecular weight is 322 g/mol. The highest BCUT2D eigenvalue weighted by molar-refractivity contribution is 7.21. The number of nitrogens with zero attached hydrogens (tertiary/aromatic N) is 2. The summed E-state index contributed by atoms with van der Waals surface area (Å²) in [7, 11) is 0. The van der Waals surface area contributed by atoms with Crippen LogP contribution in [0, 0.1) is 10.1 Å². The van der Waals surface area contributed by atoms with E-state index in [1.807, 2.05) is 6.07 Å². The predicted octanol–water partition coefficient (Wildman–Crippen LogP) is 3.10. The van der Waals surface area contributed by atoms with E-state index in [9.17, 15) is 14.9 Å². The molecule has 2 aromatic rings. The van der Waals surface area contributed by atoms with Crippen molar-refractivity contribution in [2.45, 2.75) is 0 Å². The van der Waals surface area contributed by atoms with E-state index in [2.05, 4.69) is 10.3 Å². The van der Waals surface area contributed by atoms with Crippen molar-refractivity contribution in [2.24, 2.45) is 4.99 Å². The molecule has 3 rings (SSSR count). The van der Waals surface area contributed by atoms with Gasteiger partial charge in [0.2, 0.25) is 5.91 Å². The first-order valence-electron chi connectivity index (χ1n) is 5.94. The lowest BCUT2D eigenvalue weighted by atomic mass is 10.0. The number of halogens is 1. The molecule has 1 amide bonds. The largest absolute Gasteiger partial charge is 0.315 e. The normalized spacial score (nSPS) is 14.0.